The maximum atomic E-state index is 13.1. The molecule has 1 fully saturated rings. The number of hydrogen-bond acceptors (Lipinski definition) is 4. The van der Waals surface area contributed by atoms with Crippen molar-refractivity contribution >= 4 is 34.5 Å². The molecule has 0 atom stereocenters. The summed E-state index contributed by atoms with van der Waals surface area (Å²) in [7, 11) is 0. The highest BCUT2D eigenvalue weighted by atomic mass is 32.2. The van der Waals surface area contributed by atoms with Crippen molar-refractivity contribution in [1.82, 2.24) is 4.90 Å². The highest BCUT2D eigenvalue weighted by molar-refractivity contribution is 8.14. The Morgan fingerprint density at radius 1 is 1.11 bits per heavy atom. The minimum Gasteiger partial charge on any atom is -0.309 e. The topological polar surface area (TPSA) is 57.7 Å². The molecule has 2 aromatic carbocycles. The predicted molar refractivity (Wildman–Crippen MR) is 108 cm³/mol. The number of anilines is 1. The molecule has 6 heteroatoms. The Morgan fingerprint density at radius 3 is 2.41 bits per heavy atom. The summed E-state index contributed by atoms with van der Waals surface area (Å²) in [5.41, 5.74) is 4.38. The fraction of sp³-hybridized carbons (Fsp3) is 0.286. The van der Waals surface area contributed by atoms with E-state index in [2.05, 4.69) is 6.07 Å². The second kappa shape index (κ2) is 7.96. The number of imide groups is 1. The van der Waals surface area contributed by atoms with E-state index in [4.69, 9.17) is 0 Å². The van der Waals surface area contributed by atoms with E-state index in [1.807, 2.05) is 39.0 Å². The summed E-state index contributed by atoms with van der Waals surface area (Å²) < 4.78 is 0. The first kappa shape index (κ1) is 19.2. The van der Waals surface area contributed by atoms with Crippen LogP contribution in [0, 0.1) is 13.8 Å². The van der Waals surface area contributed by atoms with E-state index in [1.54, 1.807) is 23.1 Å². The van der Waals surface area contributed by atoms with E-state index >= 15 is 0 Å². The third-order valence-electron chi connectivity index (χ3n) is 4.43. The maximum Gasteiger partial charge on any atom is 0.289 e. The first-order valence-electron chi connectivity index (χ1n) is 8.85. The molecule has 27 heavy (non-hydrogen) atoms. The van der Waals surface area contributed by atoms with Crippen LogP contribution >= 0.6 is 11.8 Å². The number of rotatable bonds is 5. The molecule has 2 aromatic rings. The van der Waals surface area contributed by atoms with Crippen molar-refractivity contribution in [3.8, 4) is 0 Å². The summed E-state index contributed by atoms with van der Waals surface area (Å²) in [6.07, 6.45) is 0. The minimum atomic E-state index is -0.234. The van der Waals surface area contributed by atoms with Crippen molar-refractivity contribution in [1.29, 1.82) is 0 Å². The van der Waals surface area contributed by atoms with Crippen LogP contribution in [0.1, 0.15) is 34.0 Å². The summed E-state index contributed by atoms with van der Waals surface area (Å²) in [5.74, 6) is -0.0988. The van der Waals surface area contributed by atoms with Gasteiger partial charge in [0, 0.05) is 17.8 Å². The van der Waals surface area contributed by atoms with Gasteiger partial charge < -0.3 is 4.90 Å². The molecule has 0 N–H and O–H groups in total. The molecule has 1 aliphatic rings. The molecule has 0 aromatic heterocycles. The molecule has 3 amide bonds. The second-order valence-electron chi connectivity index (χ2n) is 6.63. The fourth-order valence-corrected chi connectivity index (χ4v) is 3.95. The standard InChI is InChI=1S/C21H22N2O3S/c1-4-22(18-9-14(2)8-15(3)10-18)20(25)17-7-5-6-16(11-17)12-23-19(24)13-27-21(23)26/h5-11H,4,12-13H2,1-3H3. The zero-order chi connectivity index (χ0) is 19.6. The Balaban J connectivity index is 1.85. The van der Waals surface area contributed by atoms with Crippen LogP contribution in [0.3, 0.4) is 0 Å². The van der Waals surface area contributed by atoms with Crippen molar-refractivity contribution in [2.45, 2.75) is 27.3 Å². The van der Waals surface area contributed by atoms with E-state index in [9.17, 15) is 14.4 Å². The van der Waals surface area contributed by atoms with Gasteiger partial charge in [0.1, 0.15) is 0 Å². The molecule has 1 aliphatic heterocycles. The minimum absolute atomic E-state index is 0.0993. The molecule has 0 saturated carbocycles. The van der Waals surface area contributed by atoms with E-state index in [0.29, 0.717) is 12.1 Å². The lowest BCUT2D eigenvalue weighted by atomic mass is 10.1. The monoisotopic (exact) mass is 382 g/mol. The number of carbonyl (C=O) groups excluding carboxylic acids is 3. The fourth-order valence-electron chi connectivity index (χ4n) is 3.22. The predicted octanol–water partition coefficient (Wildman–Crippen LogP) is 4.17. The number of benzene rings is 2. The lowest BCUT2D eigenvalue weighted by Gasteiger charge is -2.22. The lowest BCUT2D eigenvalue weighted by molar-refractivity contribution is -0.125. The molecule has 0 spiro atoms. The van der Waals surface area contributed by atoms with Gasteiger partial charge in [0.25, 0.3) is 11.1 Å². The summed E-state index contributed by atoms with van der Waals surface area (Å²) in [5, 5.41) is -0.234. The summed E-state index contributed by atoms with van der Waals surface area (Å²) in [4.78, 5) is 39.7. The van der Waals surface area contributed by atoms with E-state index < -0.39 is 0 Å². The molecule has 5 nitrogen and oxygen atoms in total. The molecule has 0 bridgehead atoms. The zero-order valence-corrected chi connectivity index (χ0v) is 16.5. The Bertz CT molecular complexity index is 874. The van der Waals surface area contributed by atoms with Gasteiger partial charge in [0.2, 0.25) is 5.91 Å². The van der Waals surface area contributed by atoms with Gasteiger partial charge in [0.05, 0.1) is 12.3 Å². The van der Waals surface area contributed by atoms with Gasteiger partial charge in [-0.15, -0.1) is 0 Å². The number of amides is 3. The number of aryl methyl sites for hydroxylation is 2. The average molecular weight is 382 g/mol. The van der Waals surface area contributed by atoms with Crippen molar-refractivity contribution in [2.75, 3.05) is 17.2 Å². The SMILES string of the molecule is CCN(C(=O)c1cccc(CN2C(=O)CSC2=O)c1)c1cc(C)cc(C)c1. The van der Waals surface area contributed by atoms with Gasteiger partial charge in [-0.1, -0.05) is 30.0 Å². The average Bonchev–Trinajstić information content (AvgIpc) is 2.94. The summed E-state index contributed by atoms with van der Waals surface area (Å²) in [6, 6.07) is 13.2. The Kier molecular flexibility index (Phi) is 5.65. The molecule has 140 valence electrons. The molecule has 0 radical (unpaired) electrons. The van der Waals surface area contributed by atoms with Crippen molar-refractivity contribution < 1.29 is 14.4 Å². The van der Waals surface area contributed by atoms with Crippen LogP contribution in [0.5, 0.6) is 0 Å². The van der Waals surface area contributed by atoms with Gasteiger partial charge >= 0.3 is 0 Å². The molecule has 1 saturated heterocycles. The molecule has 0 aliphatic carbocycles. The molecule has 0 unspecified atom stereocenters. The van der Waals surface area contributed by atoms with Crippen molar-refractivity contribution in [3.05, 3.63) is 64.7 Å². The van der Waals surface area contributed by atoms with Gasteiger partial charge in [-0.2, -0.15) is 0 Å². The van der Waals surface area contributed by atoms with Gasteiger partial charge in [-0.25, -0.2) is 0 Å². The van der Waals surface area contributed by atoms with Crippen LogP contribution in [0.15, 0.2) is 42.5 Å². The van der Waals surface area contributed by atoms with Crippen LogP contribution in [0.2, 0.25) is 0 Å². The van der Waals surface area contributed by atoms with Crippen molar-refractivity contribution in [3.63, 3.8) is 0 Å². The number of thioether (sulfide) groups is 1. The quantitative estimate of drug-likeness (QED) is 0.779. The Hall–Kier alpha value is -2.60. The Labute approximate surface area is 163 Å². The highest BCUT2D eigenvalue weighted by Crippen LogP contribution is 2.23. The molecule has 3 rings (SSSR count). The smallest absolute Gasteiger partial charge is 0.289 e. The zero-order valence-electron chi connectivity index (χ0n) is 15.7. The molecular weight excluding hydrogens is 360 g/mol. The first-order valence-corrected chi connectivity index (χ1v) is 9.84. The van der Waals surface area contributed by atoms with E-state index in [0.717, 1.165) is 34.1 Å². The third kappa shape index (κ3) is 4.22. The van der Waals surface area contributed by atoms with Crippen LogP contribution in [0.25, 0.3) is 0 Å². The molecular formula is C21H22N2O3S. The number of nitrogens with zero attached hydrogens (tertiary/aromatic N) is 2. The van der Waals surface area contributed by atoms with Crippen LogP contribution in [0.4, 0.5) is 10.5 Å². The third-order valence-corrected chi connectivity index (χ3v) is 5.29. The first-order chi connectivity index (χ1) is 12.9. The number of hydrogen-bond donors (Lipinski definition) is 0. The Morgan fingerprint density at radius 2 is 1.81 bits per heavy atom. The van der Waals surface area contributed by atoms with E-state index in [-0.39, 0.29) is 29.4 Å². The lowest BCUT2D eigenvalue weighted by Crippen LogP contribution is -2.31. The van der Waals surface area contributed by atoms with Crippen molar-refractivity contribution in [2.24, 2.45) is 0 Å². The molecule has 1 heterocycles. The largest absolute Gasteiger partial charge is 0.309 e. The van der Waals surface area contributed by atoms with Crippen LogP contribution in [-0.4, -0.2) is 34.3 Å². The highest BCUT2D eigenvalue weighted by Gasteiger charge is 2.30. The van der Waals surface area contributed by atoms with Crippen LogP contribution < -0.4 is 4.90 Å². The second-order valence-corrected chi connectivity index (χ2v) is 7.56. The van der Waals surface area contributed by atoms with Gasteiger partial charge in [0.15, 0.2) is 0 Å². The van der Waals surface area contributed by atoms with Gasteiger partial charge in [-0.3, -0.25) is 19.3 Å². The maximum absolute atomic E-state index is 13.1. The van der Waals surface area contributed by atoms with E-state index in [1.165, 1.54) is 4.90 Å². The summed E-state index contributed by atoms with van der Waals surface area (Å²) >= 11 is 1.01. The van der Waals surface area contributed by atoms with Crippen LogP contribution in [-0.2, 0) is 11.3 Å². The summed E-state index contributed by atoms with van der Waals surface area (Å²) in [6.45, 7) is 6.71. The number of carbonyl (C=O) groups is 3. The van der Waals surface area contributed by atoms with Gasteiger partial charge in [-0.05, 0) is 61.7 Å². The normalized spacial score (nSPS) is 14.0.